The lowest BCUT2D eigenvalue weighted by molar-refractivity contribution is 0.284. The third-order valence-corrected chi connectivity index (χ3v) is 6.40. The zero-order valence-corrected chi connectivity index (χ0v) is 19.4. The number of hydrogen-bond donors (Lipinski definition) is 0. The Morgan fingerprint density at radius 3 is 2.34 bits per heavy atom. The number of benzene rings is 2. The lowest BCUT2D eigenvalue weighted by atomic mass is 9.82. The van der Waals surface area contributed by atoms with Crippen molar-refractivity contribution < 1.29 is 17.9 Å². The molecule has 1 aliphatic rings. The molecule has 0 N–H and O–H groups in total. The van der Waals surface area contributed by atoms with Crippen LogP contribution in [-0.2, 0) is 0 Å². The highest BCUT2D eigenvalue weighted by atomic mass is 19.2. The third-order valence-electron chi connectivity index (χ3n) is 6.40. The van der Waals surface area contributed by atoms with Gasteiger partial charge >= 0.3 is 0 Å². The Kier molecular flexibility index (Phi) is 9.25. The van der Waals surface area contributed by atoms with Crippen molar-refractivity contribution in [3.05, 3.63) is 70.5 Å². The zero-order valence-electron chi connectivity index (χ0n) is 19.4. The molecule has 1 aliphatic carbocycles. The van der Waals surface area contributed by atoms with E-state index in [0.717, 1.165) is 30.4 Å². The van der Waals surface area contributed by atoms with Gasteiger partial charge in [0.25, 0.3) is 0 Å². The summed E-state index contributed by atoms with van der Waals surface area (Å²) in [6.45, 7) is 4.46. The van der Waals surface area contributed by atoms with E-state index >= 15 is 0 Å². The second-order valence-electron chi connectivity index (χ2n) is 8.93. The van der Waals surface area contributed by atoms with Crippen molar-refractivity contribution >= 4 is 5.57 Å². The van der Waals surface area contributed by atoms with Crippen LogP contribution in [0.15, 0.2) is 36.4 Å². The Morgan fingerprint density at radius 2 is 1.66 bits per heavy atom. The third kappa shape index (κ3) is 6.40. The van der Waals surface area contributed by atoms with Crippen molar-refractivity contribution in [1.82, 2.24) is 0 Å². The van der Waals surface area contributed by atoms with E-state index in [9.17, 15) is 13.2 Å². The highest BCUT2D eigenvalue weighted by Crippen LogP contribution is 2.39. The topological polar surface area (TPSA) is 9.23 Å². The van der Waals surface area contributed by atoms with Gasteiger partial charge in [-0.15, -0.1) is 0 Å². The number of allylic oxidation sites excluding steroid dienone is 2. The molecule has 0 fully saturated rings. The molecule has 1 unspecified atom stereocenters. The summed E-state index contributed by atoms with van der Waals surface area (Å²) in [4.78, 5) is 0. The standard InChI is InChI=1S/C28H35F3O/c1-3-4-5-6-7-8-9-18-32-26-17-16-24(27(30)28(26)31)22-13-11-21(12-14-22)23-15-10-20(2)19-25(23)29/h10,13,15-17,19,21H,3-9,11-12,14,18H2,1-2H3. The number of ether oxygens (including phenoxy) is 1. The molecule has 3 rings (SSSR count). The number of rotatable bonds is 11. The summed E-state index contributed by atoms with van der Waals surface area (Å²) in [5.74, 6) is -1.91. The predicted molar refractivity (Wildman–Crippen MR) is 126 cm³/mol. The van der Waals surface area contributed by atoms with Gasteiger partial charge in [0.2, 0.25) is 5.82 Å². The van der Waals surface area contributed by atoms with Crippen LogP contribution < -0.4 is 4.74 Å². The Bertz CT molecular complexity index is 919. The fourth-order valence-corrected chi connectivity index (χ4v) is 4.46. The van der Waals surface area contributed by atoms with Crippen LogP contribution in [0, 0.1) is 24.4 Å². The highest BCUT2D eigenvalue weighted by Gasteiger charge is 2.23. The molecule has 2 aromatic carbocycles. The number of unbranched alkanes of at least 4 members (excludes halogenated alkanes) is 6. The summed E-state index contributed by atoms with van der Waals surface area (Å²) in [7, 11) is 0. The minimum Gasteiger partial charge on any atom is -0.490 e. The van der Waals surface area contributed by atoms with Gasteiger partial charge < -0.3 is 4.74 Å². The van der Waals surface area contributed by atoms with Gasteiger partial charge in [0.05, 0.1) is 6.61 Å². The van der Waals surface area contributed by atoms with Crippen LogP contribution >= 0.6 is 0 Å². The SMILES string of the molecule is CCCCCCCCCOc1ccc(C2=CCC(c3ccc(C)cc3F)CC2)c(F)c1F. The second-order valence-corrected chi connectivity index (χ2v) is 8.93. The molecule has 0 aromatic heterocycles. The van der Waals surface area contributed by atoms with E-state index in [0.29, 0.717) is 31.4 Å². The van der Waals surface area contributed by atoms with Gasteiger partial charge in [-0.3, -0.25) is 0 Å². The molecule has 0 radical (unpaired) electrons. The Hall–Kier alpha value is -2.23. The van der Waals surface area contributed by atoms with E-state index < -0.39 is 11.6 Å². The van der Waals surface area contributed by atoms with Crippen LogP contribution in [0.25, 0.3) is 5.57 Å². The summed E-state index contributed by atoms with van der Waals surface area (Å²) < 4.78 is 49.2. The number of halogens is 3. The Balaban J connectivity index is 1.55. The molecule has 0 saturated carbocycles. The largest absolute Gasteiger partial charge is 0.490 e. The summed E-state index contributed by atoms with van der Waals surface area (Å²) in [5.41, 5.74) is 2.66. The number of hydrogen-bond acceptors (Lipinski definition) is 1. The Labute approximate surface area is 190 Å². The lowest BCUT2D eigenvalue weighted by Crippen LogP contribution is -2.08. The van der Waals surface area contributed by atoms with Gasteiger partial charge in [0.15, 0.2) is 11.6 Å². The van der Waals surface area contributed by atoms with Crippen LogP contribution in [0.1, 0.15) is 93.7 Å². The van der Waals surface area contributed by atoms with Gasteiger partial charge in [0, 0.05) is 5.56 Å². The molecular weight excluding hydrogens is 409 g/mol. The maximum atomic E-state index is 14.8. The van der Waals surface area contributed by atoms with Crippen LogP contribution in [0.2, 0.25) is 0 Å². The van der Waals surface area contributed by atoms with E-state index in [-0.39, 0.29) is 23.0 Å². The van der Waals surface area contributed by atoms with Gasteiger partial charge in [-0.25, -0.2) is 8.78 Å². The van der Waals surface area contributed by atoms with E-state index in [1.807, 2.05) is 25.1 Å². The molecule has 0 bridgehead atoms. The molecule has 1 atom stereocenters. The van der Waals surface area contributed by atoms with Gasteiger partial charge in [0.1, 0.15) is 5.82 Å². The van der Waals surface area contributed by atoms with Crippen molar-refractivity contribution in [1.29, 1.82) is 0 Å². The van der Waals surface area contributed by atoms with Crippen LogP contribution in [0.5, 0.6) is 5.75 Å². The molecule has 1 nitrogen and oxygen atoms in total. The molecule has 2 aromatic rings. The minimum absolute atomic E-state index is 0.0201. The average Bonchev–Trinajstić information content (AvgIpc) is 2.79. The molecular formula is C28H35F3O. The minimum atomic E-state index is -0.918. The number of aryl methyl sites for hydroxylation is 1. The first-order valence-corrected chi connectivity index (χ1v) is 12.1. The molecule has 4 heteroatoms. The molecule has 0 aliphatic heterocycles. The van der Waals surface area contributed by atoms with Gasteiger partial charge in [-0.05, 0) is 73.4 Å². The summed E-state index contributed by atoms with van der Waals surface area (Å²) >= 11 is 0. The van der Waals surface area contributed by atoms with Crippen LogP contribution in [-0.4, -0.2) is 6.61 Å². The lowest BCUT2D eigenvalue weighted by Gasteiger charge is -2.23. The molecule has 0 saturated heterocycles. The van der Waals surface area contributed by atoms with E-state index in [1.54, 1.807) is 12.1 Å². The van der Waals surface area contributed by atoms with Crippen molar-refractivity contribution in [2.24, 2.45) is 0 Å². The van der Waals surface area contributed by atoms with Gasteiger partial charge in [-0.2, -0.15) is 4.39 Å². The average molecular weight is 445 g/mol. The monoisotopic (exact) mass is 444 g/mol. The van der Waals surface area contributed by atoms with E-state index in [4.69, 9.17) is 4.74 Å². The first-order valence-electron chi connectivity index (χ1n) is 12.1. The smallest absolute Gasteiger partial charge is 0.201 e. The first-order chi connectivity index (χ1) is 15.5. The zero-order chi connectivity index (χ0) is 22.9. The molecule has 0 amide bonds. The summed E-state index contributed by atoms with van der Waals surface area (Å²) in [6.07, 6.45) is 11.9. The maximum Gasteiger partial charge on any atom is 0.201 e. The highest BCUT2D eigenvalue weighted by molar-refractivity contribution is 5.68. The van der Waals surface area contributed by atoms with Crippen molar-refractivity contribution in [2.75, 3.05) is 6.61 Å². The van der Waals surface area contributed by atoms with Crippen molar-refractivity contribution in [2.45, 2.75) is 84.0 Å². The maximum absolute atomic E-state index is 14.8. The van der Waals surface area contributed by atoms with Crippen molar-refractivity contribution in [3.8, 4) is 5.75 Å². The molecule has 0 heterocycles. The fraction of sp³-hybridized carbons (Fsp3) is 0.500. The molecule has 0 spiro atoms. The van der Waals surface area contributed by atoms with Crippen molar-refractivity contribution in [3.63, 3.8) is 0 Å². The van der Waals surface area contributed by atoms with Crippen LogP contribution in [0.3, 0.4) is 0 Å². The molecule has 174 valence electrons. The van der Waals surface area contributed by atoms with E-state index in [2.05, 4.69) is 6.92 Å². The first kappa shape index (κ1) is 24.4. The quantitative estimate of drug-likeness (QED) is 0.314. The fourth-order valence-electron chi connectivity index (χ4n) is 4.46. The second kappa shape index (κ2) is 12.1. The summed E-state index contributed by atoms with van der Waals surface area (Å²) in [6, 6.07) is 8.44. The van der Waals surface area contributed by atoms with Crippen LogP contribution in [0.4, 0.5) is 13.2 Å². The predicted octanol–water partition coefficient (Wildman–Crippen LogP) is 8.89. The van der Waals surface area contributed by atoms with Gasteiger partial charge in [-0.1, -0.05) is 63.7 Å². The molecule has 32 heavy (non-hydrogen) atoms. The summed E-state index contributed by atoms with van der Waals surface area (Å²) in [5, 5.41) is 0. The normalized spacial score (nSPS) is 16.2. The Morgan fingerprint density at radius 1 is 0.906 bits per heavy atom. The van der Waals surface area contributed by atoms with E-state index in [1.165, 1.54) is 31.7 Å².